The van der Waals surface area contributed by atoms with Crippen molar-refractivity contribution in [3.8, 4) is 0 Å². The minimum absolute atomic E-state index is 0.0454. The number of unbranched alkanes of at least 4 members (excludes halogenated alkanes) is 1. The van der Waals surface area contributed by atoms with E-state index >= 15 is 0 Å². The minimum Gasteiger partial charge on any atom is -0.461 e. The zero-order valence-corrected chi connectivity index (χ0v) is 20.1. The molecule has 1 spiro atoms. The number of esters is 1. The van der Waals surface area contributed by atoms with Gasteiger partial charge in [0.05, 0.1) is 24.2 Å². The fraction of sp³-hybridized carbons (Fsp3) is 0.720. The van der Waals surface area contributed by atoms with E-state index in [1.54, 1.807) is 11.0 Å². The summed E-state index contributed by atoms with van der Waals surface area (Å²) in [6, 6.07) is -1.44. The van der Waals surface area contributed by atoms with Crippen LogP contribution >= 0.6 is 0 Å². The SMILES string of the molecule is C=CCOC(=O)[C@@H]1[C@H]2C(=O)N([C@@H](CC)CO)C(C(=O)N(CC=C)CCCC)C23CC[C@@]1(C)O3. The molecule has 3 rings (SSSR count). The molecule has 0 aromatic rings. The van der Waals surface area contributed by atoms with E-state index in [2.05, 4.69) is 20.1 Å². The van der Waals surface area contributed by atoms with Gasteiger partial charge in [0.15, 0.2) is 0 Å². The topological polar surface area (TPSA) is 96.4 Å². The number of hydrogen-bond donors (Lipinski definition) is 1. The molecular formula is C25H38N2O6. The second-order valence-corrected chi connectivity index (χ2v) is 9.56. The van der Waals surface area contributed by atoms with Crippen molar-refractivity contribution in [1.82, 2.24) is 9.80 Å². The molecule has 0 aromatic carbocycles. The summed E-state index contributed by atoms with van der Waals surface area (Å²) in [7, 11) is 0. The van der Waals surface area contributed by atoms with Gasteiger partial charge in [-0.05, 0) is 32.6 Å². The summed E-state index contributed by atoms with van der Waals surface area (Å²) in [5, 5.41) is 10.1. The van der Waals surface area contributed by atoms with Gasteiger partial charge in [0.1, 0.15) is 24.2 Å². The van der Waals surface area contributed by atoms with Crippen molar-refractivity contribution in [3.63, 3.8) is 0 Å². The maximum Gasteiger partial charge on any atom is 0.313 e. The first-order valence-corrected chi connectivity index (χ1v) is 12.1. The van der Waals surface area contributed by atoms with E-state index in [0.29, 0.717) is 32.4 Å². The van der Waals surface area contributed by atoms with Gasteiger partial charge in [-0.3, -0.25) is 14.4 Å². The molecule has 0 radical (unpaired) electrons. The highest BCUT2D eigenvalue weighted by atomic mass is 16.6. The predicted molar refractivity (Wildman–Crippen MR) is 123 cm³/mol. The van der Waals surface area contributed by atoms with Gasteiger partial charge in [-0.15, -0.1) is 6.58 Å². The average Bonchev–Trinajstić information content (AvgIpc) is 3.37. The molecule has 3 aliphatic rings. The molecular weight excluding hydrogens is 424 g/mol. The number of rotatable bonds is 12. The quantitative estimate of drug-likeness (QED) is 0.352. The third-order valence-electron chi connectivity index (χ3n) is 7.56. The second-order valence-electron chi connectivity index (χ2n) is 9.56. The lowest BCUT2D eigenvalue weighted by Crippen LogP contribution is -2.58. The van der Waals surface area contributed by atoms with Gasteiger partial charge in [-0.2, -0.15) is 0 Å². The van der Waals surface area contributed by atoms with Gasteiger partial charge >= 0.3 is 5.97 Å². The molecule has 8 nitrogen and oxygen atoms in total. The average molecular weight is 463 g/mol. The third kappa shape index (κ3) is 4.01. The Labute approximate surface area is 196 Å². The lowest BCUT2D eigenvalue weighted by atomic mass is 9.66. The Kier molecular flexibility index (Phi) is 7.69. The van der Waals surface area contributed by atoms with Crippen LogP contribution in [-0.4, -0.2) is 82.3 Å². The number of carbonyl (C=O) groups excluding carboxylic acids is 3. The van der Waals surface area contributed by atoms with E-state index < -0.39 is 41.1 Å². The summed E-state index contributed by atoms with van der Waals surface area (Å²) < 4.78 is 11.9. The maximum atomic E-state index is 14.0. The lowest BCUT2D eigenvalue weighted by Gasteiger charge is -2.39. The van der Waals surface area contributed by atoms with Crippen LogP contribution < -0.4 is 0 Å². The molecule has 2 bridgehead atoms. The molecule has 3 aliphatic heterocycles. The highest BCUT2D eigenvalue weighted by Crippen LogP contribution is 2.63. The first-order valence-electron chi connectivity index (χ1n) is 12.1. The Morgan fingerprint density at radius 3 is 2.64 bits per heavy atom. The standard InChI is InChI=1S/C25H38N2O6/c1-6-10-14-26(13-7-2)22(30)20-25-12-11-24(5,33-25)19(23(31)32-15-8-3)18(25)21(29)27(20)17(9-4)16-28/h7-8,17-20,28H,2-3,6,9-16H2,1,4-5H3/t17-,18-,19-,20?,24+,25?/m0/s1. The largest absolute Gasteiger partial charge is 0.461 e. The molecule has 8 heteroatoms. The van der Waals surface area contributed by atoms with E-state index in [0.717, 1.165) is 12.8 Å². The molecule has 3 fully saturated rings. The number of aliphatic hydroxyl groups excluding tert-OH is 1. The van der Waals surface area contributed by atoms with E-state index in [1.807, 2.05) is 13.8 Å². The zero-order valence-electron chi connectivity index (χ0n) is 20.1. The molecule has 0 aromatic heterocycles. The number of likely N-dealkylation sites (tertiary alicyclic amines) is 1. The first kappa shape index (κ1) is 25.4. The van der Waals surface area contributed by atoms with Crippen LogP contribution in [0, 0.1) is 11.8 Å². The molecule has 0 aliphatic carbocycles. The number of carbonyl (C=O) groups is 3. The van der Waals surface area contributed by atoms with Crippen molar-refractivity contribution < 1.29 is 29.0 Å². The van der Waals surface area contributed by atoms with Crippen LogP contribution in [0.15, 0.2) is 25.3 Å². The summed E-state index contributed by atoms with van der Waals surface area (Å²) in [4.78, 5) is 44.2. The number of hydrogen-bond acceptors (Lipinski definition) is 6. The summed E-state index contributed by atoms with van der Waals surface area (Å²) in [5.74, 6) is -2.65. The second kappa shape index (κ2) is 9.97. The van der Waals surface area contributed by atoms with Gasteiger partial charge < -0.3 is 24.4 Å². The fourth-order valence-corrected chi connectivity index (χ4v) is 6.01. The molecule has 3 saturated heterocycles. The Morgan fingerprint density at radius 1 is 1.33 bits per heavy atom. The van der Waals surface area contributed by atoms with Gasteiger partial charge in [0.2, 0.25) is 11.8 Å². The summed E-state index contributed by atoms with van der Waals surface area (Å²) in [6.07, 6.45) is 6.43. The molecule has 3 heterocycles. The van der Waals surface area contributed by atoms with E-state index in [-0.39, 0.29) is 25.0 Å². The van der Waals surface area contributed by atoms with Crippen molar-refractivity contribution in [3.05, 3.63) is 25.3 Å². The van der Waals surface area contributed by atoms with E-state index in [4.69, 9.17) is 9.47 Å². The van der Waals surface area contributed by atoms with Gasteiger partial charge in [-0.25, -0.2) is 0 Å². The van der Waals surface area contributed by atoms with Gasteiger partial charge in [0, 0.05) is 13.1 Å². The minimum atomic E-state index is -1.12. The number of amides is 2. The van der Waals surface area contributed by atoms with Crippen LogP contribution in [0.25, 0.3) is 0 Å². The zero-order chi connectivity index (χ0) is 24.4. The third-order valence-corrected chi connectivity index (χ3v) is 7.56. The number of aliphatic hydroxyl groups is 1. The number of nitrogens with zero attached hydrogens (tertiary/aromatic N) is 2. The molecule has 2 amide bonds. The number of ether oxygens (including phenoxy) is 2. The Bertz CT molecular complexity index is 796. The predicted octanol–water partition coefficient (Wildman–Crippen LogP) is 2.07. The number of fused-ring (bicyclic) bond motifs is 1. The van der Waals surface area contributed by atoms with E-state index in [9.17, 15) is 19.5 Å². The highest BCUT2D eigenvalue weighted by Gasteiger charge is 2.79. The Hall–Kier alpha value is -2.19. The van der Waals surface area contributed by atoms with Crippen LogP contribution in [0.3, 0.4) is 0 Å². The first-order chi connectivity index (χ1) is 15.8. The fourth-order valence-electron chi connectivity index (χ4n) is 6.01. The Balaban J connectivity index is 2.08. The van der Waals surface area contributed by atoms with Crippen LogP contribution in [-0.2, 0) is 23.9 Å². The van der Waals surface area contributed by atoms with Crippen molar-refractivity contribution in [2.45, 2.75) is 76.2 Å². The van der Waals surface area contributed by atoms with Crippen molar-refractivity contribution in [1.29, 1.82) is 0 Å². The van der Waals surface area contributed by atoms with Gasteiger partial charge in [0.25, 0.3) is 0 Å². The molecule has 0 saturated carbocycles. The van der Waals surface area contributed by atoms with E-state index in [1.165, 1.54) is 11.0 Å². The van der Waals surface area contributed by atoms with Crippen molar-refractivity contribution in [2.75, 3.05) is 26.3 Å². The van der Waals surface area contributed by atoms with Crippen LogP contribution in [0.1, 0.15) is 52.9 Å². The molecule has 1 N–H and O–H groups in total. The van der Waals surface area contributed by atoms with Crippen LogP contribution in [0.4, 0.5) is 0 Å². The van der Waals surface area contributed by atoms with Gasteiger partial charge in [-0.1, -0.05) is 39.0 Å². The summed E-state index contributed by atoms with van der Waals surface area (Å²) in [6.45, 7) is 13.8. The highest BCUT2D eigenvalue weighted by molar-refractivity contribution is 5.98. The monoisotopic (exact) mass is 462 g/mol. The summed E-state index contributed by atoms with van der Waals surface area (Å²) in [5.41, 5.74) is -1.99. The lowest BCUT2D eigenvalue weighted by molar-refractivity contribution is -0.161. The smallest absolute Gasteiger partial charge is 0.313 e. The van der Waals surface area contributed by atoms with Crippen LogP contribution in [0.2, 0.25) is 0 Å². The molecule has 2 unspecified atom stereocenters. The summed E-state index contributed by atoms with van der Waals surface area (Å²) >= 11 is 0. The molecule has 6 atom stereocenters. The van der Waals surface area contributed by atoms with Crippen molar-refractivity contribution in [2.24, 2.45) is 11.8 Å². The van der Waals surface area contributed by atoms with Crippen molar-refractivity contribution >= 4 is 17.8 Å². The Morgan fingerprint density at radius 2 is 2.06 bits per heavy atom. The normalized spacial score (nSPS) is 33.0. The maximum absolute atomic E-state index is 14.0. The molecule has 33 heavy (non-hydrogen) atoms. The molecule has 184 valence electrons. The van der Waals surface area contributed by atoms with Crippen LogP contribution in [0.5, 0.6) is 0 Å².